The monoisotopic (exact) mass is 248 g/mol. The highest BCUT2D eigenvalue weighted by Gasteiger charge is 2.34. The Kier molecular flexibility index (Phi) is 4.30. The molecule has 0 unspecified atom stereocenters. The molecule has 0 aliphatic heterocycles. The molecule has 0 saturated carbocycles. The molecule has 0 atom stereocenters. The molecule has 0 aromatic carbocycles. The number of pyridine rings is 1. The lowest BCUT2D eigenvalue weighted by molar-refractivity contribution is -0.141. The molecule has 0 bridgehead atoms. The SMILES string of the molecule is CCOC(=O)CNc1ncccc1C(F)(F)F. The number of nitrogens with one attached hydrogen (secondary N) is 1. The molecule has 0 radical (unpaired) electrons. The largest absolute Gasteiger partial charge is 0.465 e. The van der Waals surface area contributed by atoms with Gasteiger partial charge < -0.3 is 10.1 Å². The fourth-order valence-corrected chi connectivity index (χ4v) is 1.14. The Morgan fingerprint density at radius 3 is 2.82 bits per heavy atom. The topological polar surface area (TPSA) is 51.2 Å². The number of halogens is 3. The van der Waals surface area contributed by atoms with E-state index in [0.717, 1.165) is 6.07 Å². The number of rotatable bonds is 4. The van der Waals surface area contributed by atoms with E-state index in [0.29, 0.717) is 0 Å². The average molecular weight is 248 g/mol. The Balaban J connectivity index is 2.74. The van der Waals surface area contributed by atoms with Gasteiger partial charge in [-0.2, -0.15) is 13.2 Å². The third kappa shape index (κ3) is 3.93. The van der Waals surface area contributed by atoms with Gasteiger partial charge >= 0.3 is 12.1 Å². The lowest BCUT2D eigenvalue weighted by atomic mass is 10.2. The highest BCUT2D eigenvalue weighted by Crippen LogP contribution is 2.33. The van der Waals surface area contributed by atoms with Crippen LogP contribution in [0.1, 0.15) is 12.5 Å². The molecule has 1 heterocycles. The molecule has 94 valence electrons. The lowest BCUT2D eigenvalue weighted by Gasteiger charge is -2.12. The molecule has 0 spiro atoms. The van der Waals surface area contributed by atoms with Crippen molar-refractivity contribution in [1.29, 1.82) is 0 Å². The van der Waals surface area contributed by atoms with Crippen molar-refractivity contribution in [3.8, 4) is 0 Å². The van der Waals surface area contributed by atoms with Crippen LogP contribution in [0.3, 0.4) is 0 Å². The minimum Gasteiger partial charge on any atom is -0.465 e. The minimum atomic E-state index is -4.51. The molecule has 0 aliphatic carbocycles. The van der Waals surface area contributed by atoms with Crippen molar-refractivity contribution >= 4 is 11.8 Å². The van der Waals surface area contributed by atoms with Crippen molar-refractivity contribution in [3.63, 3.8) is 0 Å². The zero-order valence-electron chi connectivity index (χ0n) is 9.04. The van der Waals surface area contributed by atoms with E-state index in [4.69, 9.17) is 0 Å². The van der Waals surface area contributed by atoms with Crippen LogP contribution in [0.4, 0.5) is 19.0 Å². The molecule has 7 heteroatoms. The van der Waals surface area contributed by atoms with E-state index in [1.54, 1.807) is 6.92 Å². The van der Waals surface area contributed by atoms with Gasteiger partial charge in [0.25, 0.3) is 0 Å². The van der Waals surface area contributed by atoms with Gasteiger partial charge in [0.2, 0.25) is 0 Å². The Hall–Kier alpha value is -1.79. The van der Waals surface area contributed by atoms with Gasteiger partial charge in [0.15, 0.2) is 0 Å². The molecule has 1 rings (SSSR count). The van der Waals surface area contributed by atoms with E-state index in [1.807, 2.05) is 0 Å². The lowest BCUT2D eigenvalue weighted by Crippen LogP contribution is -2.20. The van der Waals surface area contributed by atoms with E-state index in [1.165, 1.54) is 12.3 Å². The standard InChI is InChI=1S/C10H11F3N2O2/c1-2-17-8(16)6-15-9-7(10(11,12)13)4-3-5-14-9/h3-5H,2,6H2,1H3,(H,14,15). The van der Waals surface area contributed by atoms with Gasteiger partial charge in [0.05, 0.1) is 12.2 Å². The zero-order valence-corrected chi connectivity index (χ0v) is 9.04. The van der Waals surface area contributed by atoms with E-state index < -0.39 is 17.7 Å². The van der Waals surface area contributed by atoms with Gasteiger partial charge in [-0.05, 0) is 19.1 Å². The number of hydrogen-bond acceptors (Lipinski definition) is 4. The second kappa shape index (κ2) is 5.51. The Morgan fingerprint density at radius 1 is 1.53 bits per heavy atom. The number of nitrogens with zero attached hydrogens (tertiary/aromatic N) is 1. The predicted octanol–water partition coefficient (Wildman–Crippen LogP) is 2.08. The number of hydrogen-bond donors (Lipinski definition) is 1. The van der Waals surface area contributed by atoms with Crippen LogP contribution < -0.4 is 5.32 Å². The molecule has 1 N–H and O–H groups in total. The van der Waals surface area contributed by atoms with Gasteiger partial charge in [0, 0.05) is 6.20 Å². The first-order valence-electron chi connectivity index (χ1n) is 4.87. The van der Waals surface area contributed by atoms with Crippen molar-refractivity contribution in [1.82, 2.24) is 4.98 Å². The Bertz CT molecular complexity index is 393. The van der Waals surface area contributed by atoms with Gasteiger partial charge in [-0.15, -0.1) is 0 Å². The van der Waals surface area contributed by atoms with Gasteiger partial charge in [-0.1, -0.05) is 0 Å². The highest BCUT2D eigenvalue weighted by atomic mass is 19.4. The van der Waals surface area contributed by atoms with E-state index in [2.05, 4.69) is 15.0 Å². The first-order chi connectivity index (χ1) is 7.95. The summed E-state index contributed by atoms with van der Waals surface area (Å²) in [5.74, 6) is -1.01. The normalized spacial score (nSPS) is 11.1. The number of alkyl halides is 3. The first kappa shape index (κ1) is 13.3. The second-order valence-electron chi connectivity index (χ2n) is 3.06. The summed E-state index contributed by atoms with van der Waals surface area (Å²) in [6.07, 6.45) is -3.30. The number of carbonyl (C=O) groups is 1. The van der Waals surface area contributed by atoms with Crippen molar-refractivity contribution in [3.05, 3.63) is 23.9 Å². The summed E-state index contributed by atoms with van der Waals surface area (Å²) in [6, 6.07) is 2.07. The summed E-state index contributed by atoms with van der Waals surface area (Å²) in [7, 11) is 0. The highest BCUT2D eigenvalue weighted by molar-refractivity contribution is 5.74. The van der Waals surface area contributed by atoms with Gasteiger partial charge in [-0.3, -0.25) is 4.79 Å². The molecule has 0 aliphatic rings. The van der Waals surface area contributed by atoms with Crippen molar-refractivity contribution in [2.75, 3.05) is 18.5 Å². The Morgan fingerprint density at radius 2 is 2.24 bits per heavy atom. The maximum atomic E-state index is 12.5. The fraction of sp³-hybridized carbons (Fsp3) is 0.400. The fourth-order valence-electron chi connectivity index (χ4n) is 1.14. The van der Waals surface area contributed by atoms with Crippen molar-refractivity contribution in [2.45, 2.75) is 13.1 Å². The number of anilines is 1. The summed E-state index contributed by atoms with van der Waals surface area (Å²) in [5, 5.41) is 2.30. The summed E-state index contributed by atoms with van der Waals surface area (Å²) in [6.45, 7) is 1.43. The van der Waals surface area contributed by atoms with Crippen LogP contribution in [0.15, 0.2) is 18.3 Å². The maximum Gasteiger partial charge on any atom is 0.419 e. The quantitative estimate of drug-likeness (QED) is 0.829. The number of esters is 1. The van der Waals surface area contributed by atoms with Crippen LogP contribution in [-0.2, 0) is 15.7 Å². The van der Waals surface area contributed by atoms with Gasteiger partial charge in [-0.25, -0.2) is 4.98 Å². The molecular weight excluding hydrogens is 237 g/mol. The predicted molar refractivity (Wildman–Crippen MR) is 54.4 cm³/mol. The summed E-state index contributed by atoms with van der Waals surface area (Å²) < 4.78 is 42.2. The third-order valence-electron chi connectivity index (χ3n) is 1.82. The summed E-state index contributed by atoms with van der Waals surface area (Å²) in [4.78, 5) is 14.5. The van der Waals surface area contributed by atoms with Crippen LogP contribution in [0, 0.1) is 0 Å². The third-order valence-corrected chi connectivity index (χ3v) is 1.82. The Labute approximate surface area is 95.8 Å². The minimum absolute atomic E-state index is 0.175. The zero-order chi connectivity index (χ0) is 12.9. The van der Waals surface area contributed by atoms with Crippen LogP contribution >= 0.6 is 0 Å². The molecule has 17 heavy (non-hydrogen) atoms. The summed E-state index contributed by atoms with van der Waals surface area (Å²) in [5.41, 5.74) is -0.913. The van der Waals surface area contributed by atoms with Crippen LogP contribution in [0.2, 0.25) is 0 Å². The second-order valence-corrected chi connectivity index (χ2v) is 3.06. The molecule has 4 nitrogen and oxygen atoms in total. The van der Waals surface area contributed by atoms with E-state index >= 15 is 0 Å². The number of aromatic nitrogens is 1. The van der Waals surface area contributed by atoms with Gasteiger partial charge in [0.1, 0.15) is 12.4 Å². The summed E-state index contributed by atoms with van der Waals surface area (Å²) >= 11 is 0. The van der Waals surface area contributed by atoms with Crippen LogP contribution in [0.25, 0.3) is 0 Å². The van der Waals surface area contributed by atoms with Crippen molar-refractivity contribution in [2.24, 2.45) is 0 Å². The smallest absolute Gasteiger partial charge is 0.419 e. The molecule has 1 aromatic rings. The average Bonchev–Trinajstić information content (AvgIpc) is 2.26. The van der Waals surface area contributed by atoms with Crippen LogP contribution in [0.5, 0.6) is 0 Å². The molecule has 0 amide bonds. The van der Waals surface area contributed by atoms with E-state index in [-0.39, 0.29) is 19.0 Å². The molecule has 0 fully saturated rings. The van der Waals surface area contributed by atoms with E-state index in [9.17, 15) is 18.0 Å². The molecular formula is C10H11F3N2O2. The number of ether oxygens (including phenoxy) is 1. The van der Waals surface area contributed by atoms with Crippen molar-refractivity contribution < 1.29 is 22.7 Å². The molecule has 0 saturated heterocycles. The van der Waals surface area contributed by atoms with Crippen LogP contribution in [-0.4, -0.2) is 24.1 Å². The first-order valence-corrected chi connectivity index (χ1v) is 4.87. The number of carbonyl (C=O) groups excluding carboxylic acids is 1. The molecule has 1 aromatic heterocycles. The maximum absolute atomic E-state index is 12.5.